The second-order valence-electron chi connectivity index (χ2n) is 3.72. The fourth-order valence-electron chi connectivity index (χ4n) is 1.58. The average molecular weight is 265 g/mol. The zero-order chi connectivity index (χ0) is 11.8. The molecule has 0 aliphatic heterocycles. The third-order valence-electron chi connectivity index (χ3n) is 2.43. The molecule has 17 heavy (non-hydrogen) atoms. The number of nitrogens with zero attached hydrogens (tertiary/aromatic N) is 2. The van der Waals surface area contributed by atoms with E-state index in [1.54, 1.807) is 11.3 Å². The van der Waals surface area contributed by atoms with Crippen molar-refractivity contribution in [3.05, 3.63) is 36.2 Å². The van der Waals surface area contributed by atoms with Crippen LogP contribution in [0.2, 0.25) is 0 Å². The molecule has 0 amide bonds. The third kappa shape index (κ3) is 1.94. The van der Waals surface area contributed by atoms with Gasteiger partial charge < -0.3 is 4.52 Å². The maximum Gasteiger partial charge on any atom is 0.268 e. The maximum atomic E-state index is 5.90. The van der Waals surface area contributed by atoms with Crippen molar-refractivity contribution in [2.75, 3.05) is 0 Å². The molecule has 3 rings (SSSR count). The Kier molecular flexibility index (Phi) is 2.61. The Morgan fingerprint density at radius 1 is 1.35 bits per heavy atom. The standard InChI is InChI=1S/C12H9ClN2OS/c1-7(13)11-14-12(16-15-11)10-6-8-4-2-3-5-9(8)17-10/h2-7H,1H3. The van der Waals surface area contributed by atoms with Gasteiger partial charge in [-0.25, -0.2) is 0 Å². The Morgan fingerprint density at radius 2 is 2.18 bits per heavy atom. The molecule has 0 N–H and O–H groups in total. The van der Waals surface area contributed by atoms with Crippen LogP contribution in [0.25, 0.3) is 20.9 Å². The van der Waals surface area contributed by atoms with Gasteiger partial charge in [-0.05, 0) is 24.4 Å². The van der Waals surface area contributed by atoms with E-state index in [0.29, 0.717) is 11.7 Å². The van der Waals surface area contributed by atoms with Crippen molar-refractivity contribution in [1.82, 2.24) is 10.1 Å². The van der Waals surface area contributed by atoms with E-state index in [2.05, 4.69) is 28.3 Å². The summed E-state index contributed by atoms with van der Waals surface area (Å²) in [6, 6.07) is 10.2. The number of fused-ring (bicyclic) bond motifs is 1. The van der Waals surface area contributed by atoms with Gasteiger partial charge in [0.2, 0.25) is 0 Å². The molecule has 0 bridgehead atoms. The number of hydrogen-bond acceptors (Lipinski definition) is 4. The highest BCUT2D eigenvalue weighted by atomic mass is 35.5. The summed E-state index contributed by atoms with van der Waals surface area (Å²) in [4.78, 5) is 5.25. The second kappa shape index (κ2) is 4.13. The summed E-state index contributed by atoms with van der Waals surface area (Å²) in [5, 5.41) is 4.80. The van der Waals surface area contributed by atoms with E-state index in [4.69, 9.17) is 16.1 Å². The lowest BCUT2D eigenvalue weighted by molar-refractivity contribution is 0.423. The van der Waals surface area contributed by atoms with Crippen LogP contribution in [-0.2, 0) is 0 Å². The van der Waals surface area contributed by atoms with Gasteiger partial charge in [0.25, 0.3) is 5.89 Å². The number of halogens is 1. The highest BCUT2D eigenvalue weighted by Crippen LogP contribution is 2.33. The minimum absolute atomic E-state index is 0.234. The molecule has 3 nitrogen and oxygen atoms in total. The zero-order valence-electron chi connectivity index (χ0n) is 9.05. The molecule has 2 heterocycles. The predicted molar refractivity (Wildman–Crippen MR) is 69.4 cm³/mol. The molecule has 1 aromatic carbocycles. The van der Waals surface area contributed by atoms with Crippen LogP contribution in [0, 0.1) is 0 Å². The average Bonchev–Trinajstić information content (AvgIpc) is 2.95. The molecular formula is C12H9ClN2OS. The molecule has 0 fully saturated rings. The van der Waals surface area contributed by atoms with Crippen molar-refractivity contribution in [1.29, 1.82) is 0 Å². The molecule has 0 spiro atoms. The number of hydrogen-bond donors (Lipinski definition) is 0. The topological polar surface area (TPSA) is 38.9 Å². The summed E-state index contributed by atoms with van der Waals surface area (Å²) in [6.07, 6.45) is 0. The number of thiophene rings is 1. The Hall–Kier alpha value is -1.39. The monoisotopic (exact) mass is 264 g/mol. The molecule has 1 unspecified atom stereocenters. The van der Waals surface area contributed by atoms with Crippen LogP contribution in [0.1, 0.15) is 18.1 Å². The smallest absolute Gasteiger partial charge is 0.268 e. The van der Waals surface area contributed by atoms with Crippen molar-refractivity contribution >= 4 is 33.0 Å². The number of aromatic nitrogens is 2. The highest BCUT2D eigenvalue weighted by molar-refractivity contribution is 7.22. The highest BCUT2D eigenvalue weighted by Gasteiger charge is 2.14. The summed E-state index contributed by atoms with van der Waals surface area (Å²) < 4.78 is 6.42. The molecule has 2 aromatic heterocycles. The normalized spacial score (nSPS) is 13.1. The SMILES string of the molecule is CC(Cl)c1noc(-c2cc3ccccc3s2)n1. The van der Waals surface area contributed by atoms with Crippen LogP contribution in [-0.4, -0.2) is 10.1 Å². The van der Waals surface area contributed by atoms with Crippen molar-refractivity contribution in [2.45, 2.75) is 12.3 Å². The lowest BCUT2D eigenvalue weighted by Crippen LogP contribution is -1.85. The molecule has 1 atom stereocenters. The predicted octanol–water partition coefficient (Wildman–Crippen LogP) is 4.25. The van der Waals surface area contributed by atoms with Gasteiger partial charge in [-0.2, -0.15) is 4.98 Å². The first-order chi connectivity index (χ1) is 8.24. The van der Waals surface area contributed by atoms with Crippen LogP contribution < -0.4 is 0 Å². The van der Waals surface area contributed by atoms with E-state index in [1.165, 1.54) is 10.1 Å². The second-order valence-corrected chi connectivity index (χ2v) is 5.46. The van der Waals surface area contributed by atoms with Crippen molar-refractivity contribution in [3.63, 3.8) is 0 Å². The molecule has 0 saturated heterocycles. The Balaban J connectivity index is 2.07. The summed E-state index contributed by atoms with van der Waals surface area (Å²) >= 11 is 7.54. The lowest BCUT2D eigenvalue weighted by Gasteiger charge is -1.89. The molecule has 86 valence electrons. The molecule has 5 heteroatoms. The first-order valence-corrected chi connectivity index (χ1v) is 6.46. The van der Waals surface area contributed by atoms with E-state index in [1.807, 2.05) is 19.1 Å². The van der Waals surface area contributed by atoms with E-state index in [-0.39, 0.29) is 5.38 Å². The summed E-state index contributed by atoms with van der Waals surface area (Å²) in [6.45, 7) is 1.82. The molecular weight excluding hydrogens is 256 g/mol. The number of benzene rings is 1. The van der Waals surface area contributed by atoms with Gasteiger partial charge in [0.15, 0.2) is 5.82 Å². The maximum absolute atomic E-state index is 5.90. The van der Waals surface area contributed by atoms with Crippen molar-refractivity contribution < 1.29 is 4.52 Å². The van der Waals surface area contributed by atoms with E-state index in [9.17, 15) is 0 Å². The number of rotatable bonds is 2. The molecule has 3 aromatic rings. The van der Waals surface area contributed by atoms with Crippen molar-refractivity contribution in [2.24, 2.45) is 0 Å². The van der Waals surface area contributed by atoms with E-state index in [0.717, 1.165) is 4.88 Å². The minimum Gasteiger partial charge on any atom is -0.333 e. The zero-order valence-corrected chi connectivity index (χ0v) is 10.6. The fourth-order valence-corrected chi connectivity index (χ4v) is 2.66. The number of alkyl halides is 1. The van der Waals surface area contributed by atoms with E-state index >= 15 is 0 Å². The quantitative estimate of drug-likeness (QED) is 0.650. The lowest BCUT2D eigenvalue weighted by atomic mass is 10.2. The first-order valence-electron chi connectivity index (χ1n) is 5.20. The van der Waals surface area contributed by atoms with Gasteiger partial charge in [-0.3, -0.25) is 0 Å². The summed E-state index contributed by atoms with van der Waals surface area (Å²) in [5.74, 6) is 1.06. The molecule has 0 saturated carbocycles. The Bertz CT molecular complexity index is 626. The van der Waals surface area contributed by atoms with Crippen LogP contribution >= 0.6 is 22.9 Å². The van der Waals surface area contributed by atoms with Gasteiger partial charge in [-0.15, -0.1) is 22.9 Å². The largest absolute Gasteiger partial charge is 0.333 e. The van der Waals surface area contributed by atoms with Crippen LogP contribution in [0.3, 0.4) is 0 Å². The molecule has 0 aliphatic carbocycles. The Morgan fingerprint density at radius 3 is 2.88 bits per heavy atom. The molecule has 0 aliphatic rings. The van der Waals surface area contributed by atoms with Gasteiger partial charge >= 0.3 is 0 Å². The Labute approximate surface area is 107 Å². The summed E-state index contributed by atoms with van der Waals surface area (Å²) in [5.41, 5.74) is 0. The van der Waals surface area contributed by atoms with Crippen LogP contribution in [0.15, 0.2) is 34.9 Å². The van der Waals surface area contributed by atoms with Crippen LogP contribution in [0.4, 0.5) is 0 Å². The van der Waals surface area contributed by atoms with Gasteiger partial charge in [0, 0.05) is 4.70 Å². The van der Waals surface area contributed by atoms with Crippen molar-refractivity contribution in [3.8, 4) is 10.8 Å². The van der Waals surface area contributed by atoms with Gasteiger partial charge in [0.1, 0.15) is 0 Å². The van der Waals surface area contributed by atoms with Gasteiger partial charge in [0.05, 0.1) is 10.3 Å². The summed E-state index contributed by atoms with van der Waals surface area (Å²) in [7, 11) is 0. The third-order valence-corrected chi connectivity index (χ3v) is 3.73. The fraction of sp³-hybridized carbons (Fsp3) is 0.167. The van der Waals surface area contributed by atoms with Gasteiger partial charge in [-0.1, -0.05) is 23.4 Å². The molecule has 0 radical (unpaired) electrons. The minimum atomic E-state index is -0.234. The van der Waals surface area contributed by atoms with E-state index < -0.39 is 0 Å². The van der Waals surface area contributed by atoms with Crippen LogP contribution in [0.5, 0.6) is 0 Å². The first kappa shape index (κ1) is 10.7.